The monoisotopic (exact) mass is 299 g/mol. The lowest BCUT2D eigenvalue weighted by Crippen LogP contribution is -2.28. The lowest BCUT2D eigenvalue weighted by Gasteiger charge is -2.15. The topological polar surface area (TPSA) is 71.3 Å². The van der Waals surface area contributed by atoms with Crippen molar-refractivity contribution in [1.29, 1.82) is 0 Å². The summed E-state index contributed by atoms with van der Waals surface area (Å²) in [5.74, 6) is 0.0165. The van der Waals surface area contributed by atoms with Crippen LogP contribution < -0.4 is 5.73 Å². The Kier molecular flexibility index (Phi) is 4.27. The van der Waals surface area contributed by atoms with Crippen molar-refractivity contribution in [1.82, 2.24) is 9.88 Å². The quantitative estimate of drug-likeness (QED) is 0.843. The number of aromatic amines is 1. The number of benzene rings is 1. The number of nitrogens with one attached hydrogen (secondary N) is 1. The van der Waals surface area contributed by atoms with Gasteiger partial charge in [-0.25, -0.2) is 4.79 Å². The molecule has 1 aromatic carbocycles. The molecule has 3 rings (SSSR count). The van der Waals surface area contributed by atoms with Crippen molar-refractivity contribution in [3.63, 3.8) is 0 Å². The van der Waals surface area contributed by atoms with E-state index in [0.717, 1.165) is 25.3 Å². The summed E-state index contributed by atoms with van der Waals surface area (Å²) >= 11 is 0. The van der Waals surface area contributed by atoms with Crippen LogP contribution in [0.15, 0.2) is 42.5 Å². The normalized spacial score (nSPS) is 21.9. The van der Waals surface area contributed by atoms with E-state index in [1.54, 1.807) is 6.07 Å². The number of esters is 1. The number of carbonyl (C=O) groups excluding carboxylic acids is 1. The third-order valence-corrected chi connectivity index (χ3v) is 4.21. The van der Waals surface area contributed by atoms with E-state index in [4.69, 9.17) is 10.5 Å². The molecule has 2 heterocycles. The van der Waals surface area contributed by atoms with Crippen LogP contribution in [0.2, 0.25) is 0 Å². The molecule has 1 aromatic heterocycles. The molecule has 0 aliphatic carbocycles. The third-order valence-electron chi connectivity index (χ3n) is 4.21. The van der Waals surface area contributed by atoms with Gasteiger partial charge in [-0.05, 0) is 17.7 Å². The highest BCUT2D eigenvalue weighted by molar-refractivity contribution is 5.87. The predicted molar refractivity (Wildman–Crippen MR) is 84.6 cm³/mol. The van der Waals surface area contributed by atoms with Crippen LogP contribution in [0.3, 0.4) is 0 Å². The zero-order chi connectivity index (χ0) is 15.5. The first kappa shape index (κ1) is 14.8. The molecule has 1 aliphatic rings. The second-order valence-corrected chi connectivity index (χ2v) is 5.76. The maximum Gasteiger partial charge on any atom is 0.354 e. The van der Waals surface area contributed by atoms with Crippen LogP contribution in [0.4, 0.5) is 0 Å². The van der Waals surface area contributed by atoms with E-state index in [1.165, 1.54) is 12.7 Å². The van der Waals surface area contributed by atoms with Crippen LogP contribution in [0.1, 0.15) is 27.7 Å². The number of H-pyrrole nitrogens is 1. The molecule has 22 heavy (non-hydrogen) atoms. The summed E-state index contributed by atoms with van der Waals surface area (Å²) in [7, 11) is 1.38. The van der Waals surface area contributed by atoms with E-state index in [0.29, 0.717) is 11.6 Å². The molecule has 3 N–H and O–H groups in total. The van der Waals surface area contributed by atoms with Gasteiger partial charge in [0.15, 0.2) is 0 Å². The molecule has 116 valence electrons. The number of ether oxygens (including phenoxy) is 1. The van der Waals surface area contributed by atoms with Crippen molar-refractivity contribution in [2.75, 3.05) is 20.2 Å². The van der Waals surface area contributed by atoms with Crippen LogP contribution in [-0.2, 0) is 11.3 Å². The van der Waals surface area contributed by atoms with Crippen molar-refractivity contribution in [2.24, 2.45) is 5.73 Å². The molecule has 0 bridgehead atoms. The maximum atomic E-state index is 11.5. The molecular formula is C17H21N3O2. The number of rotatable bonds is 4. The highest BCUT2D eigenvalue weighted by atomic mass is 16.5. The van der Waals surface area contributed by atoms with Gasteiger partial charge in [0.05, 0.1) is 7.11 Å². The number of hydrogen-bond acceptors (Lipinski definition) is 4. The number of nitrogens with zero attached hydrogens (tertiary/aromatic N) is 1. The number of carbonyl (C=O) groups is 1. The fraction of sp³-hybridized carbons (Fsp3) is 0.353. The van der Waals surface area contributed by atoms with Crippen LogP contribution in [0.5, 0.6) is 0 Å². The van der Waals surface area contributed by atoms with E-state index >= 15 is 0 Å². The molecule has 1 fully saturated rings. The lowest BCUT2D eigenvalue weighted by molar-refractivity contribution is 0.0594. The van der Waals surface area contributed by atoms with Gasteiger partial charge in [0.1, 0.15) is 5.69 Å². The van der Waals surface area contributed by atoms with Gasteiger partial charge in [-0.15, -0.1) is 0 Å². The molecule has 5 nitrogen and oxygen atoms in total. The minimum absolute atomic E-state index is 0.137. The Bertz CT molecular complexity index is 638. The molecule has 2 aromatic rings. The highest BCUT2D eigenvalue weighted by Gasteiger charge is 2.31. The van der Waals surface area contributed by atoms with Gasteiger partial charge in [0.25, 0.3) is 0 Å². The molecule has 0 saturated carbocycles. The minimum Gasteiger partial charge on any atom is -0.464 e. The van der Waals surface area contributed by atoms with E-state index in [-0.39, 0.29) is 12.0 Å². The number of methoxy groups -OCH3 is 1. The van der Waals surface area contributed by atoms with Gasteiger partial charge in [0.2, 0.25) is 0 Å². The maximum absolute atomic E-state index is 11.5. The Balaban J connectivity index is 1.65. The molecule has 1 saturated heterocycles. The lowest BCUT2D eigenvalue weighted by atomic mass is 9.95. The molecule has 0 amide bonds. The summed E-state index contributed by atoms with van der Waals surface area (Å²) in [5.41, 5.74) is 9.08. The SMILES string of the molecule is COC(=O)c1ccc(CN2C[C@@H](N)[C@H](c3ccccc3)C2)[nH]1. The van der Waals surface area contributed by atoms with Crippen LogP contribution in [0.25, 0.3) is 0 Å². The first-order chi connectivity index (χ1) is 10.7. The Morgan fingerprint density at radius 2 is 2.05 bits per heavy atom. The van der Waals surface area contributed by atoms with Gasteiger partial charge in [-0.3, -0.25) is 4.90 Å². The van der Waals surface area contributed by atoms with Crippen LogP contribution in [0, 0.1) is 0 Å². The highest BCUT2D eigenvalue weighted by Crippen LogP contribution is 2.27. The Labute approximate surface area is 130 Å². The van der Waals surface area contributed by atoms with E-state index in [9.17, 15) is 4.79 Å². The summed E-state index contributed by atoms with van der Waals surface area (Å²) < 4.78 is 4.71. The van der Waals surface area contributed by atoms with Crippen molar-refractivity contribution in [3.05, 3.63) is 59.4 Å². The zero-order valence-electron chi connectivity index (χ0n) is 12.7. The number of nitrogens with two attached hydrogens (primary N) is 1. The average Bonchev–Trinajstić information content (AvgIpc) is 3.14. The summed E-state index contributed by atoms with van der Waals surface area (Å²) in [5, 5.41) is 0. The largest absolute Gasteiger partial charge is 0.464 e. The van der Waals surface area contributed by atoms with Crippen molar-refractivity contribution >= 4 is 5.97 Å². The van der Waals surface area contributed by atoms with Crippen molar-refractivity contribution < 1.29 is 9.53 Å². The fourth-order valence-corrected chi connectivity index (χ4v) is 3.10. The number of hydrogen-bond donors (Lipinski definition) is 2. The Morgan fingerprint density at radius 3 is 2.77 bits per heavy atom. The molecule has 2 atom stereocenters. The number of likely N-dealkylation sites (tertiary alicyclic amines) is 1. The molecular weight excluding hydrogens is 278 g/mol. The van der Waals surface area contributed by atoms with E-state index < -0.39 is 0 Å². The Hall–Kier alpha value is -2.11. The van der Waals surface area contributed by atoms with Gasteiger partial charge in [0, 0.05) is 37.3 Å². The Morgan fingerprint density at radius 1 is 1.27 bits per heavy atom. The van der Waals surface area contributed by atoms with Crippen LogP contribution in [-0.4, -0.2) is 42.1 Å². The first-order valence-electron chi connectivity index (χ1n) is 7.46. The van der Waals surface area contributed by atoms with Crippen molar-refractivity contribution in [3.8, 4) is 0 Å². The zero-order valence-corrected chi connectivity index (χ0v) is 12.7. The van der Waals surface area contributed by atoms with E-state index in [1.807, 2.05) is 12.1 Å². The van der Waals surface area contributed by atoms with E-state index in [2.05, 4.69) is 34.1 Å². The second-order valence-electron chi connectivity index (χ2n) is 5.76. The fourth-order valence-electron chi connectivity index (χ4n) is 3.10. The molecule has 0 unspecified atom stereocenters. The second kappa shape index (κ2) is 6.34. The van der Waals surface area contributed by atoms with Crippen LogP contribution >= 0.6 is 0 Å². The predicted octanol–water partition coefficient (Wildman–Crippen LogP) is 1.73. The van der Waals surface area contributed by atoms with Gasteiger partial charge < -0.3 is 15.5 Å². The minimum atomic E-state index is -0.341. The smallest absolute Gasteiger partial charge is 0.354 e. The van der Waals surface area contributed by atoms with Gasteiger partial charge in [-0.1, -0.05) is 30.3 Å². The van der Waals surface area contributed by atoms with Crippen molar-refractivity contribution in [2.45, 2.75) is 18.5 Å². The first-order valence-corrected chi connectivity index (χ1v) is 7.46. The summed E-state index contributed by atoms with van der Waals surface area (Å²) in [6.45, 7) is 2.54. The molecule has 5 heteroatoms. The molecule has 1 aliphatic heterocycles. The molecule has 0 radical (unpaired) electrons. The molecule has 0 spiro atoms. The number of aromatic nitrogens is 1. The standard InChI is InChI=1S/C17H21N3O2/c1-22-17(21)16-8-7-13(19-16)9-20-10-14(15(18)11-20)12-5-3-2-4-6-12/h2-8,14-15,19H,9-11,18H2,1H3/t14-,15+/m0/s1. The average molecular weight is 299 g/mol. The van der Waals surface area contributed by atoms with Gasteiger partial charge >= 0.3 is 5.97 Å². The summed E-state index contributed by atoms with van der Waals surface area (Å²) in [6.07, 6.45) is 0. The summed E-state index contributed by atoms with van der Waals surface area (Å²) in [4.78, 5) is 16.9. The van der Waals surface area contributed by atoms with Gasteiger partial charge in [-0.2, -0.15) is 0 Å². The third kappa shape index (κ3) is 3.05. The summed E-state index contributed by atoms with van der Waals surface area (Å²) in [6, 6.07) is 14.2.